The molecule has 0 fully saturated rings. The third-order valence-corrected chi connectivity index (χ3v) is 1.22. The molecule has 0 saturated heterocycles. The summed E-state index contributed by atoms with van der Waals surface area (Å²) in [6.07, 6.45) is 1.47. The lowest BCUT2D eigenvalue weighted by atomic mass is 10.2. The normalized spacial score (nSPS) is 11.3. The molecule has 0 amide bonds. The summed E-state index contributed by atoms with van der Waals surface area (Å²) in [4.78, 5) is 0. The fourth-order valence-corrected chi connectivity index (χ4v) is 0.826. The average molecular weight is 187 g/mol. The summed E-state index contributed by atoms with van der Waals surface area (Å²) in [5, 5.41) is 7.96. The van der Waals surface area contributed by atoms with Gasteiger partial charge in [-0.3, -0.25) is 0 Å². The third-order valence-electron chi connectivity index (χ3n) is 1.01. The first-order chi connectivity index (χ1) is 5.47. The maximum atomic E-state index is 5.69. The molecule has 0 saturated carbocycles. The second-order valence-corrected chi connectivity index (χ2v) is 3.86. The first kappa shape index (κ1) is 9.26. The molecule has 1 aromatic rings. The van der Waals surface area contributed by atoms with Gasteiger partial charge in [0.1, 0.15) is 5.60 Å². The van der Waals surface area contributed by atoms with E-state index >= 15 is 0 Å². The lowest BCUT2D eigenvalue weighted by molar-refractivity contribution is 0.122. The van der Waals surface area contributed by atoms with Gasteiger partial charge in [0, 0.05) is 6.07 Å². The van der Waals surface area contributed by atoms with Crippen molar-refractivity contribution in [3.05, 3.63) is 17.3 Å². The van der Waals surface area contributed by atoms with Crippen molar-refractivity contribution < 1.29 is 4.74 Å². The molecule has 0 radical (unpaired) electrons. The van der Waals surface area contributed by atoms with Crippen molar-refractivity contribution in [2.75, 3.05) is 0 Å². The number of hydrogen-bond donors (Lipinski definition) is 0. The van der Waals surface area contributed by atoms with Crippen LogP contribution in [-0.2, 0) is 0 Å². The van der Waals surface area contributed by atoms with Crippen molar-refractivity contribution in [1.82, 2.24) is 10.2 Å². The third kappa shape index (κ3) is 3.05. The maximum Gasteiger partial charge on any atom is 0.235 e. The Morgan fingerprint density at radius 2 is 2.08 bits per heavy atom. The van der Waals surface area contributed by atoms with E-state index in [1.54, 1.807) is 6.07 Å². The van der Waals surface area contributed by atoms with E-state index in [1.807, 2.05) is 20.8 Å². The van der Waals surface area contributed by atoms with Crippen LogP contribution in [0.5, 0.6) is 5.88 Å². The zero-order valence-electron chi connectivity index (χ0n) is 7.34. The zero-order valence-corrected chi connectivity index (χ0v) is 8.09. The Morgan fingerprint density at radius 3 is 2.58 bits per heavy atom. The van der Waals surface area contributed by atoms with E-state index in [9.17, 15) is 0 Å². The van der Waals surface area contributed by atoms with Crippen LogP contribution < -0.4 is 4.74 Å². The Hall–Kier alpha value is -0.830. The van der Waals surface area contributed by atoms with E-state index in [-0.39, 0.29) is 5.60 Å². The van der Waals surface area contributed by atoms with Crippen LogP contribution >= 0.6 is 11.6 Å². The Balaban J connectivity index is 2.77. The summed E-state index contributed by atoms with van der Waals surface area (Å²) in [5.41, 5.74) is -0.265. The molecule has 1 aromatic heterocycles. The van der Waals surface area contributed by atoms with Crippen LogP contribution in [0.2, 0.25) is 5.02 Å². The molecule has 4 heteroatoms. The van der Waals surface area contributed by atoms with Crippen molar-refractivity contribution >= 4 is 11.6 Å². The number of aromatic nitrogens is 2. The van der Waals surface area contributed by atoms with Gasteiger partial charge in [-0.1, -0.05) is 11.6 Å². The summed E-state index contributed by atoms with van der Waals surface area (Å²) in [6, 6.07) is 1.64. The molecule has 1 rings (SSSR count). The second kappa shape index (κ2) is 3.27. The standard InChI is InChI=1S/C8H11ClN2O/c1-8(2,3)12-7-4-6(9)5-10-11-7/h4-5H,1-3H3. The number of rotatable bonds is 1. The molecule has 0 bridgehead atoms. The van der Waals surface area contributed by atoms with Crippen molar-refractivity contribution in [2.45, 2.75) is 26.4 Å². The SMILES string of the molecule is CC(C)(C)Oc1cc(Cl)cnn1. The maximum absolute atomic E-state index is 5.69. The lowest BCUT2D eigenvalue weighted by Gasteiger charge is -2.19. The highest BCUT2D eigenvalue weighted by molar-refractivity contribution is 6.30. The lowest BCUT2D eigenvalue weighted by Crippen LogP contribution is -2.23. The van der Waals surface area contributed by atoms with Gasteiger partial charge in [0.25, 0.3) is 0 Å². The van der Waals surface area contributed by atoms with E-state index in [0.717, 1.165) is 0 Å². The average Bonchev–Trinajstić information content (AvgIpc) is 1.82. The molecule has 0 N–H and O–H groups in total. The van der Waals surface area contributed by atoms with Gasteiger partial charge in [-0.15, -0.1) is 5.10 Å². The van der Waals surface area contributed by atoms with Gasteiger partial charge >= 0.3 is 0 Å². The van der Waals surface area contributed by atoms with Crippen LogP contribution in [0.3, 0.4) is 0 Å². The van der Waals surface area contributed by atoms with E-state index < -0.39 is 0 Å². The first-order valence-corrected chi connectivity index (χ1v) is 4.02. The highest BCUT2D eigenvalue weighted by Gasteiger charge is 2.12. The number of hydrogen-bond acceptors (Lipinski definition) is 3. The van der Waals surface area contributed by atoms with E-state index in [4.69, 9.17) is 16.3 Å². The predicted octanol–water partition coefficient (Wildman–Crippen LogP) is 2.31. The van der Waals surface area contributed by atoms with Crippen LogP contribution in [0.15, 0.2) is 12.3 Å². The predicted molar refractivity (Wildman–Crippen MR) is 47.4 cm³/mol. The van der Waals surface area contributed by atoms with Gasteiger partial charge in [0.2, 0.25) is 5.88 Å². The Kier molecular flexibility index (Phi) is 2.52. The molecule has 0 unspecified atom stereocenters. The topological polar surface area (TPSA) is 35.0 Å². The fraction of sp³-hybridized carbons (Fsp3) is 0.500. The minimum absolute atomic E-state index is 0.265. The van der Waals surface area contributed by atoms with E-state index in [1.165, 1.54) is 6.20 Å². The fourth-order valence-electron chi connectivity index (χ4n) is 0.689. The van der Waals surface area contributed by atoms with Gasteiger partial charge < -0.3 is 4.74 Å². The minimum Gasteiger partial charge on any atom is -0.471 e. The smallest absolute Gasteiger partial charge is 0.235 e. The molecule has 0 aliphatic rings. The molecule has 1 heterocycles. The van der Waals surface area contributed by atoms with Gasteiger partial charge in [-0.2, -0.15) is 5.10 Å². The first-order valence-electron chi connectivity index (χ1n) is 3.65. The number of halogens is 1. The van der Waals surface area contributed by atoms with E-state index in [2.05, 4.69) is 10.2 Å². The van der Waals surface area contributed by atoms with Crippen LogP contribution in [-0.4, -0.2) is 15.8 Å². The van der Waals surface area contributed by atoms with Crippen LogP contribution in [0.1, 0.15) is 20.8 Å². The highest BCUT2D eigenvalue weighted by Crippen LogP contribution is 2.17. The molecule has 12 heavy (non-hydrogen) atoms. The molecule has 0 spiro atoms. The van der Waals surface area contributed by atoms with Crippen molar-refractivity contribution in [3.8, 4) is 5.88 Å². The molecule has 0 atom stereocenters. The quantitative estimate of drug-likeness (QED) is 0.675. The van der Waals surface area contributed by atoms with Gasteiger partial charge in [0.15, 0.2) is 0 Å². The van der Waals surface area contributed by atoms with Crippen LogP contribution in [0.25, 0.3) is 0 Å². The van der Waals surface area contributed by atoms with Crippen LogP contribution in [0, 0.1) is 0 Å². The minimum atomic E-state index is -0.265. The van der Waals surface area contributed by atoms with Gasteiger partial charge in [0.05, 0.1) is 11.2 Å². The largest absolute Gasteiger partial charge is 0.471 e. The molecular formula is C8H11ClN2O. The summed E-state index contributed by atoms with van der Waals surface area (Å²) >= 11 is 5.69. The highest BCUT2D eigenvalue weighted by atomic mass is 35.5. The number of nitrogens with zero attached hydrogens (tertiary/aromatic N) is 2. The van der Waals surface area contributed by atoms with E-state index in [0.29, 0.717) is 10.9 Å². The van der Waals surface area contributed by atoms with Crippen molar-refractivity contribution in [1.29, 1.82) is 0 Å². The Labute approximate surface area is 76.7 Å². The molecule has 3 nitrogen and oxygen atoms in total. The molecule has 0 aromatic carbocycles. The summed E-state index contributed by atoms with van der Waals surface area (Å²) < 4.78 is 5.42. The summed E-state index contributed by atoms with van der Waals surface area (Å²) in [7, 11) is 0. The van der Waals surface area contributed by atoms with Gasteiger partial charge in [-0.25, -0.2) is 0 Å². The van der Waals surface area contributed by atoms with Gasteiger partial charge in [-0.05, 0) is 20.8 Å². The summed E-state index contributed by atoms with van der Waals surface area (Å²) in [6.45, 7) is 5.82. The monoisotopic (exact) mass is 186 g/mol. The van der Waals surface area contributed by atoms with Crippen molar-refractivity contribution in [2.24, 2.45) is 0 Å². The second-order valence-electron chi connectivity index (χ2n) is 3.43. The Morgan fingerprint density at radius 1 is 1.42 bits per heavy atom. The molecular weight excluding hydrogens is 176 g/mol. The Bertz CT molecular complexity index is 270. The summed E-state index contributed by atoms with van der Waals surface area (Å²) in [5.74, 6) is 0.454. The molecule has 0 aliphatic heterocycles. The van der Waals surface area contributed by atoms with Crippen LogP contribution in [0.4, 0.5) is 0 Å². The zero-order chi connectivity index (χ0) is 9.19. The number of ether oxygens (including phenoxy) is 1. The molecule has 66 valence electrons. The molecule has 0 aliphatic carbocycles. The van der Waals surface area contributed by atoms with Crippen molar-refractivity contribution in [3.63, 3.8) is 0 Å².